The molecule has 0 saturated carbocycles. The summed E-state index contributed by atoms with van der Waals surface area (Å²) in [5.41, 5.74) is 8.61. The van der Waals surface area contributed by atoms with Crippen molar-refractivity contribution < 1.29 is 0 Å². The number of imidazole rings is 1. The average Bonchev–Trinajstić information content (AvgIpc) is 2.81. The number of halogens is 2. The Morgan fingerprint density at radius 1 is 1.26 bits per heavy atom. The molecule has 0 aromatic carbocycles. The van der Waals surface area contributed by atoms with Crippen LogP contribution in [0.25, 0.3) is 16.9 Å². The van der Waals surface area contributed by atoms with Gasteiger partial charge in [-0.2, -0.15) is 0 Å². The van der Waals surface area contributed by atoms with Crippen molar-refractivity contribution in [3.05, 3.63) is 38.1 Å². The SMILES string of the molecule is Cc1cc(-c2nc3c(Cl)cc(Cl)cn3c2N)c(C)s1. The standard InChI is InChI=1S/C13H11Cl2N3S/c1-6-3-9(7(2)19-6)11-12(16)18-5-8(14)4-10(15)13(18)17-11/h3-5H,16H2,1-2H3. The van der Waals surface area contributed by atoms with Crippen LogP contribution in [0.5, 0.6) is 0 Å². The molecule has 0 aliphatic heterocycles. The number of hydrogen-bond donors (Lipinski definition) is 1. The minimum absolute atomic E-state index is 0.495. The number of fused-ring (bicyclic) bond motifs is 1. The van der Waals surface area contributed by atoms with Crippen molar-refractivity contribution in [1.29, 1.82) is 0 Å². The number of thiophene rings is 1. The Morgan fingerprint density at radius 2 is 2.00 bits per heavy atom. The van der Waals surface area contributed by atoms with Crippen LogP contribution in [0, 0.1) is 13.8 Å². The summed E-state index contributed by atoms with van der Waals surface area (Å²) < 4.78 is 1.73. The number of anilines is 1. The summed E-state index contributed by atoms with van der Waals surface area (Å²) in [6.45, 7) is 4.13. The molecule has 3 nitrogen and oxygen atoms in total. The first-order valence-electron chi connectivity index (χ1n) is 5.67. The Labute approximate surface area is 124 Å². The first-order chi connectivity index (χ1) is 8.97. The summed E-state index contributed by atoms with van der Waals surface area (Å²) in [7, 11) is 0. The highest BCUT2D eigenvalue weighted by atomic mass is 35.5. The van der Waals surface area contributed by atoms with Gasteiger partial charge in [0.05, 0.1) is 10.0 Å². The van der Waals surface area contributed by atoms with Gasteiger partial charge in [-0.25, -0.2) is 4.98 Å². The average molecular weight is 312 g/mol. The zero-order chi connectivity index (χ0) is 13.7. The molecule has 98 valence electrons. The third-order valence-corrected chi connectivity index (χ3v) is 4.43. The second-order valence-electron chi connectivity index (χ2n) is 4.37. The highest BCUT2D eigenvalue weighted by Gasteiger charge is 2.17. The summed E-state index contributed by atoms with van der Waals surface area (Å²) in [4.78, 5) is 6.97. The molecule has 3 aromatic rings. The van der Waals surface area contributed by atoms with Gasteiger partial charge >= 0.3 is 0 Å². The first kappa shape index (κ1) is 12.8. The van der Waals surface area contributed by atoms with Crippen molar-refractivity contribution in [3.63, 3.8) is 0 Å². The molecular formula is C13H11Cl2N3S. The predicted molar refractivity (Wildman–Crippen MR) is 82.4 cm³/mol. The fraction of sp³-hybridized carbons (Fsp3) is 0.154. The Hall–Kier alpha value is -1.23. The van der Waals surface area contributed by atoms with Gasteiger partial charge in [-0.1, -0.05) is 23.2 Å². The van der Waals surface area contributed by atoms with Crippen LogP contribution >= 0.6 is 34.5 Å². The van der Waals surface area contributed by atoms with Crippen molar-refractivity contribution in [2.24, 2.45) is 0 Å². The smallest absolute Gasteiger partial charge is 0.158 e. The lowest BCUT2D eigenvalue weighted by Crippen LogP contribution is -1.94. The molecule has 0 radical (unpaired) electrons. The summed E-state index contributed by atoms with van der Waals surface area (Å²) in [5, 5.41) is 1.03. The highest BCUT2D eigenvalue weighted by molar-refractivity contribution is 7.12. The Morgan fingerprint density at radius 3 is 2.63 bits per heavy atom. The van der Waals surface area contributed by atoms with E-state index in [0.717, 1.165) is 11.3 Å². The fourth-order valence-corrected chi connectivity index (χ4v) is 3.59. The molecule has 0 aliphatic carbocycles. The van der Waals surface area contributed by atoms with Crippen molar-refractivity contribution in [3.8, 4) is 11.3 Å². The molecule has 0 aliphatic rings. The van der Waals surface area contributed by atoms with Crippen LogP contribution in [0.1, 0.15) is 9.75 Å². The summed E-state index contributed by atoms with van der Waals surface area (Å²) >= 11 is 13.9. The van der Waals surface area contributed by atoms with E-state index in [2.05, 4.69) is 24.9 Å². The second-order valence-corrected chi connectivity index (χ2v) is 6.68. The van der Waals surface area contributed by atoms with E-state index in [1.54, 1.807) is 28.0 Å². The van der Waals surface area contributed by atoms with Gasteiger partial charge in [0.2, 0.25) is 0 Å². The predicted octanol–water partition coefficient (Wildman–Crippen LogP) is 4.57. The van der Waals surface area contributed by atoms with E-state index in [-0.39, 0.29) is 0 Å². The number of aromatic nitrogens is 2. The summed E-state index contributed by atoms with van der Waals surface area (Å²) in [6, 6.07) is 3.76. The minimum atomic E-state index is 0.495. The lowest BCUT2D eigenvalue weighted by atomic mass is 10.2. The van der Waals surface area contributed by atoms with Crippen molar-refractivity contribution in [1.82, 2.24) is 9.38 Å². The van der Waals surface area contributed by atoms with E-state index < -0.39 is 0 Å². The Bertz CT molecular complexity index is 789. The van der Waals surface area contributed by atoms with E-state index in [9.17, 15) is 0 Å². The molecule has 0 fully saturated rings. The quantitative estimate of drug-likeness (QED) is 0.715. The number of nitrogens with two attached hydrogens (primary N) is 1. The van der Waals surface area contributed by atoms with Crippen molar-refractivity contribution >= 4 is 46.0 Å². The highest BCUT2D eigenvalue weighted by Crippen LogP contribution is 2.35. The molecule has 19 heavy (non-hydrogen) atoms. The second kappa shape index (κ2) is 4.40. The van der Waals surface area contributed by atoms with Crippen LogP contribution in [-0.2, 0) is 0 Å². The van der Waals surface area contributed by atoms with Crippen molar-refractivity contribution in [2.75, 3.05) is 5.73 Å². The number of nitrogen functional groups attached to an aromatic ring is 1. The molecule has 0 spiro atoms. The molecule has 0 atom stereocenters. The van der Waals surface area contributed by atoms with Crippen molar-refractivity contribution in [2.45, 2.75) is 13.8 Å². The molecule has 3 heterocycles. The zero-order valence-electron chi connectivity index (χ0n) is 10.4. The maximum absolute atomic E-state index is 6.17. The first-order valence-corrected chi connectivity index (χ1v) is 7.24. The lowest BCUT2D eigenvalue weighted by Gasteiger charge is -1.99. The van der Waals surface area contributed by atoms with E-state index >= 15 is 0 Å². The van der Waals surface area contributed by atoms with E-state index in [0.29, 0.717) is 21.5 Å². The fourth-order valence-electron chi connectivity index (χ4n) is 2.15. The minimum Gasteiger partial charge on any atom is -0.383 e. The number of aryl methyl sites for hydroxylation is 2. The molecule has 6 heteroatoms. The van der Waals surface area contributed by atoms with Gasteiger partial charge in [0.25, 0.3) is 0 Å². The van der Waals surface area contributed by atoms with Gasteiger partial charge < -0.3 is 5.73 Å². The monoisotopic (exact) mass is 311 g/mol. The number of hydrogen-bond acceptors (Lipinski definition) is 3. The summed E-state index contributed by atoms with van der Waals surface area (Å²) in [5.74, 6) is 0.556. The molecule has 0 amide bonds. The van der Waals surface area contributed by atoms with Crippen LogP contribution in [0.15, 0.2) is 18.3 Å². The topological polar surface area (TPSA) is 43.3 Å². The number of nitrogens with zero attached hydrogens (tertiary/aromatic N) is 2. The van der Waals surface area contributed by atoms with Gasteiger partial charge in [0, 0.05) is 21.5 Å². The van der Waals surface area contributed by atoms with Crippen LogP contribution < -0.4 is 5.73 Å². The third-order valence-electron chi connectivity index (χ3n) is 2.97. The molecule has 0 unspecified atom stereocenters. The maximum atomic E-state index is 6.17. The number of rotatable bonds is 1. The normalized spacial score (nSPS) is 11.4. The summed E-state index contributed by atoms with van der Waals surface area (Å²) in [6.07, 6.45) is 1.73. The van der Waals surface area contributed by atoms with E-state index in [4.69, 9.17) is 28.9 Å². The third kappa shape index (κ3) is 2.00. The van der Waals surface area contributed by atoms with Crippen LogP contribution in [0.4, 0.5) is 5.82 Å². The maximum Gasteiger partial charge on any atom is 0.158 e. The van der Waals surface area contributed by atoms with Crippen LogP contribution in [-0.4, -0.2) is 9.38 Å². The van der Waals surface area contributed by atoms with E-state index in [1.807, 2.05) is 0 Å². The van der Waals surface area contributed by atoms with E-state index in [1.165, 1.54) is 9.75 Å². The van der Waals surface area contributed by atoms with Gasteiger partial charge in [-0.3, -0.25) is 4.40 Å². The zero-order valence-corrected chi connectivity index (χ0v) is 12.7. The lowest BCUT2D eigenvalue weighted by molar-refractivity contribution is 1.20. The molecule has 0 saturated heterocycles. The molecular weight excluding hydrogens is 301 g/mol. The van der Waals surface area contributed by atoms with Gasteiger partial charge in [-0.15, -0.1) is 11.3 Å². The van der Waals surface area contributed by atoms with Gasteiger partial charge in [0.15, 0.2) is 5.65 Å². The molecule has 2 N–H and O–H groups in total. The Balaban J connectivity index is 2.34. The largest absolute Gasteiger partial charge is 0.383 e. The number of pyridine rings is 1. The Kier molecular flexibility index (Phi) is 2.96. The molecule has 3 rings (SSSR count). The van der Waals surface area contributed by atoms with Gasteiger partial charge in [-0.05, 0) is 26.0 Å². The molecule has 3 aromatic heterocycles. The van der Waals surface area contributed by atoms with Crippen LogP contribution in [0.3, 0.4) is 0 Å². The molecule has 0 bridgehead atoms. The van der Waals surface area contributed by atoms with Crippen LogP contribution in [0.2, 0.25) is 10.0 Å². The van der Waals surface area contributed by atoms with Gasteiger partial charge in [0.1, 0.15) is 11.5 Å².